The second-order valence-corrected chi connectivity index (χ2v) is 7.38. The molecule has 0 radical (unpaired) electrons. The Balaban J connectivity index is 1.52. The van der Waals surface area contributed by atoms with Gasteiger partial charge in [-0.3, -0.25) is 9.59 Å². The molecule has 5 rings (SSSR count). The van der Waals surface area contributed by atoms with E-state index >= 15 is 0 Å². The van der Waals surface area contributed by atoms with Crippen LogP contribution >= 0.6 is 0 Å². The lowest BCUT2D eigenvalue weighted by Crippen LogP contribution is -2.47. The van der Waals surface area contributed by atoms with Crippen LogP contribution in [-0.4, -0.2) is 66.1 Å². The fourth-order valence-electron chi connectivity index (χ4n) is 3.97. The summed E-state index contributed by atoms with van der Waals surface area (Å²) in [6.07, 6.45) is 1.71. The van der Waals surface area contributed by atoms with Crippen molar-refractivity contribution in [2.45, 2.75) is 52.7 Å². The second kappa shape index (κ2) is 6.75. The molecule has 0 saturated carbocycles. The predicted molar refractivity (Wildman–Crippen MR) is 92.2 cm³/mol. The topological polar surface area (TPSA) is 110 Å². The van der Waals surface area contributed by atoms with Gasteiger partial charge in [0.25, 0.3) is 0 Å². The van der Waals surface area contributed by atoms with E-state index in [1.165, 1.54) is 4.68 Å². The minimum Gasteiger partial charge on any atom is -0.361 e. The first kappa shape index (κ1) is 17.6. The van der Waals surface area contributed by atoms with Gasteiger partial charge >= 0.3 is 0 Å². The lowest BCUT2D eigenvalue weighted by atomic mass is 9.93. The van der Waals surface area contributed by atoms with Crippen molar-refractivity contribution in [1.82, 2.24) is 35.2 Å². The number of aromatic nitrogens is 5. The van der Waals surface area contributed by atoms with Crippen LogP contribution in [0.15, 0.2) is 4.52 Å². The van der Waals surface area contributed by atoms with E-state index < -0.39 is 0 Å². The number of aryl methyl sites for hydroxylation is 3. The van der Waals surface area contributed by atoms with Crippen LogP contribution in [-0.2, 0) is 22.7 Å². The SMILES string of the molecule is Cc1noc(C)c1CN1C(=O)[C@@H]2CC[C@H]1CN(C(=O)Cn1nnnc1C)C2. The highest BCUT2D eigenvalue weighted by Crippen LogP contribution is 2.31. The van der Waals surface area contributed by atoms with Crippen LogP contribution in [0.2, 0.25) is 0 Å². The Hall–Kier alpha value is -2.78. The van der Waals surface area contributed by atoms with E-state index in [0.717, 1.165) is 29.9 Å². The Labute approximate surface area is 156 Å². The summed E-state index contributed by atoms with van der Waals surface area (Å²) < 4.78 is 6.72. The van der Waals surface area contributed by atoms with Crippen molar-refractivity contribution in [2.75, 3.05) is 13.1 Å². The minimum absolute atomic E-state index is 0.00358. The standard InChI is InChI=1S/C17H23N7O3/c1-10-15(11(2)27-19-10)8-23-14-5-4-13(17(23)26)6-22(7-14)16(25)9-24-12(3)18-20-21-24/h13-14H,4-9H2,1-3H3/t13-,14+/m1/s1. The summed E-state index contributed by atoms with van der Waals surface area (Å²) in [5.41, 5.74) is 1.76. The molecule has 0 aromatic carbocycles. The van der Waals surface area contributed by atoms with Crippen LogP contribution < -0.4 is 0 Å². The Bertz CT molecular complexity index is 854. The zero-order valence-corrected chi connectivity index (χ0v) is 15.8. The molecular weight excluding hydrogens is 350 g/mol. The number of carbonyl (C=O) groups excluding carboxylic acids is 2. The molecule has 10 heteroatoms. The van der Waals surface area contributed by atoms with Gasteiger partial charge in [-0.15, -0.1) is 5.10 Å². The molecule has 2 aromatic rings. The molecule has 3 aliphatic heterocycles. The first-order valence-corrected chi connectivity index (χ1v) is 9.16. The van der Waals surface area contributed by atoms with Gasteiger partial charge in [0.15, 0.2) is 0 Å². The van der Waals surface area contributed by atoms with Crippen LogP contribution in [0.3, 0.4) is 0 Å². The van der Waals surface area contributed by atoms with E-state index in [1.54, 1.807) is 11.8 Å². The van der Waals surface area contributed by atoms with Gasteiger partial charge in [-0.05, 0) is 44.0 Å². The second-order valence-electron chi connectivity index (χ2n) is 7.38. The summed E-state index contributed by atoms with van der Waals surface area (Å²) >= 11 is 0. The van der Waals surface area contributed by atoms with Gasteiger partial charge in [0, 0.05) is 24.7 Å². The van der Waals surface area contributed by atoms with E-state index in [4.69, 9.17) is 4.52 Å². The number of tetrazole rings is 1. The van der Waals surface area contributed by atoms with Gasteiger partial charge in [-0.2, -0.15) is 0 Å². The molecule has 3 aliphatic rings. The lowest BCUT2D eigenvalue weighted by molar-refractivity contribution is -0.140. The Kier molecular flexibility index (Phi) is 4.40. The summed E-state index contributed by atoms with van der Waals surface area (Å²) in [5.74, 6) is 1.22. The molecule has 144 valence electrons. The van der Waals surface area contributed by atoms with Crippen LogP contribution in [0.25, 0.3) is 0 Å². The summed E-state index contributed by atoms with van der Waals surface area (Å²) in [4.78, 5) is 29.5. The van der Waals surface area contributed by atoms with E-state index in [9.17, 15) is 9.59 Å². The molecule has 0 unspecified atom stereocenters. The third-order valence-electron chi connectivity index (χ3n) is 5.65. The maximum atomic E-state index is 13.0. The smallest absolute Gasteiger partial charge is 0.244 e. The van der Waals surface area contributed by atoms with Crippen molar-refractivity contribution < 1.29 is 14.1 Å². The van der Waals surface area contributed by atoms with Crippen LogP contribution in [0.5, 0.6) is 0 Å². The minimum atomic E-state index is -0.164. The van der Waals surface area contributed by atoms with Crippen LogP contribution in [0.1, 0.15) is 35.7 Å². The normalized spacial score (nSPS) is 22.4. The van der Waals surface area contributed by atoms with E-state index in [-0.39, 0.29) is 30.3 Å². The van der Waals surface area contributed by atoms with Crippen molar-refractivity contribution in [3.63, 3.8) is 0 Å². The molecule has 0 aliphatic carbocycles. The summed E-state index contributed by atoms with van der Waals surface area (Å²) in [6, 6.07) is 0.00358. The van der Waals surface area contributed by atoms with Gasteiger partial charge in [-0.25, -0.2) is 4.68 Å². The van der Waals surface area contributed by atoms with Gasteiger partial charge < -0.3 is 14.3 Å². The lowest BCUT2D eigenvalue weighted by Gasteiger charge is -2.35. The number of nitrogens with zero attached hydrogens (tertiary/aromatic N) is 7. The van der Waals surface area contributed by atoms with E-state index in [0.29, 0.717) is 25.5 Å². The molecule has 27 heavy (non-hydrogen) atoms. The average molecular weight is 373 g/mol. The molecule has 2 bridgehead atoms. The van der Waals surface area contributed by atoms with Crippen molar-refractivity contribution in [3.8, 4) is 0 Å². The molecule has 2 amide bonds. The quantitative estimate of drug-likeness (QED) is 0.755. The molecule has 0 spiro atoms. The first-order chi connectivity index (χ1) is 12.9. The van der Waals surface area contributed by atoms with Crippen molar-refractivity contribution >= 4 is 11.8 Å². The molecule has 10 nitrogen and oxygen atoms in total. The largest absolute Gasteiger partial charge is 0.361 e. The monoisotopic (exact) mass is 373 g/mol. The molecule has 2 atom stereocenters. The van der Waals surface area contributed by atoms with Crippen LogP contribution in [0.4, 0.5) is 0 Å². The van der Waals surface area contributed by atoms with E-state index in [1.807, 2.05) is 18.7 Å². The average Bonchev–Trinajstić information content (AvgIpc) is 3.04. The fourth-order valence-corrected chi connectivity index (χ4v) is 3.97. The Morgan fingerprint density at radius 3 is 2.70 bits per heavy atom. The third kappa shape index (κ3) is 3.19. The highest BCUT2D eigenvalue weighted by molar-refractivity contribution is 5.83. The molecule has 0 N–H and O–H groups in total. The zero-order chi connectivity index (χ0) is 19.1. The maximum absolute atomic E-state index is 13.0. The summed E-state index contributed by atoms with van der Waals surface area (Å²) in [7, 11) is 0. The first-order valence-electron chi connectivity index (χ1n) is 9.16. The molecular formula is C17H23N7O3. The number of rotatable bonds is 4. The number of fused-ring (bicyclic) bond motifs is 4. The van der Waals surface area contributed by atoms with Gasteiger partial charge in [0.05, 0.1) is 18.2 Å². The highest BCUT2D eigenvalue weighted by Gasteiger charge is 2.42. The van der Waals surface area contributed by atoms with Gasteiger partial charge in [-0.1, -0.05) is 5.16 Å². The molecule has 2 aromatic heterocycles. The number of hydrogen-bond donors (Lipinski definition) is 0. The number of amides is 2. The number of piperidine rings is 1. The van der Waals surface area contributed by atoms with Gasteiger partial charge in [0.2, 0.25) is 11.8 Å². The molecule has 3 fully saturated rings. The highest BCUT2D eigenvalue weighted by atomic mass is 16.5. The fraction of sp³-hybridized carbons (Fsp3) is 0.647. The molecule has 3 saturated heterocycles. The van der Waals surface area contributed by atoms with E-state index in [2.05, 4.69) is 20.7 Å². The Morgan fingerprint density at radius 2 is 2.04 bits per heavy atom. The zero-order valence-electron chi connectivity index (χ0n) is 15.8. The van der Waals surface area contributed by atoms with Crippen LogP contribution in [0, 0.1) is 26.7 Å². The summed E-state index contributed by atoms with van der Waals surface area (Å²) in [6.45, 7) is 7.07. The number of carbonyl (C=O) groups is 2. The van der Waals surface area contributed by atoms with Crippen molar-refractivity contribution in [1.29, 1.82) is 0 Å². The van der Waals surface area contributed by atoms with Gasteiger partial charge in [0.1, 0.15) is 18.1 Å². The van der Waals surface area contributed by atoms with Crippen molar-refractivity contribution in [2.24, 2.45) is 5.92 Å². The van der Waals surface area contributed by atoms with Crippen molar-refractivity contribution in [3.05, 3.63) is 22.8 Å². The number of hydrogen-bond acceptors (Lipinski definition) is 7. The Morgan fingerprint density at radius 1 is 1.22 bits per heavy atom. The summed E-state index contributed by atoms with van der Waals surface area (Å²) in [5, 5.41) is 15.2. The third-order valence-corrected chi connectivity index (χ3v) is 5.65. The predicted octanol–water partition coefficient (Wildman–Crippen LogP) is 0.236. The molecule has 5 heterocycles. The maximum Gasteiger partial charge on any atom is 0.244 e.